The maximum Gasteiger partial charge on any atom is 0.225 e. The van der Waals surface area contributed by atoms with Crippen LogP contribution in [0.4, 0.5) is 14.5 Å². The molecule has 182 valence electrons. The smallest absolute Gasteiger partial charge is 0.225 e. The fourth-order valence-electron chi connectivity index (χ4n) is 5.21. The first-order chi connectivity index (χ1) is 17.0. The number of nitrogens with zero attached hydrogens (tertiary/aromatic N) is 2. The van der Waals surface area contributed by atoms with Crippen molar-refractivity contribution in [2.24, 2.45) is 5.92 Å². The topological polar surface area (TPSA) is 44.8 Å². The zero-order valence-corrected chi connectivity index (χ0v) is 19.7. The molecule has 0 aliphatic carbocycles. The number of rotatable bonds is 6. The van der Waals surface area contributed by atoms with Gasteiger partial charge in [-0.2, -0.15) is 0 Å². The highest BCUT2D eigenvalue weighted by atomic mass is 19.1. The minimum absolute atomic E-state index is 0.0376. The van der Waals surface area contributed by atoms with Gasteiger partial charge in [-0.3, -0.25) is 9.69 Å². The quantitative estimate of drug-likeness (QED) is 0.579. The molecule has 5 nitrogen and oxygen atoms in total. The molecule has 0 unspecified atom stereocenters. The first kappa shape index (κ1) is 23.3. The van der Waals surface area contributed by atoms with Gasteiger partial charge in [-0.15, -0.1) is 0 Å². The van der Waals surface area contributed by atoms with E-state index in [0.717, 1.165) is 35.7 Å². The van der Waals surface area contributed by atoms with Gasteiger partial charge in [-0.05, 0) is 41.8 Å². The Kier molecular flexibility index (Phi) is 6.68. The molecule has 1 N–H and O–H groups in total. The minimum atomic E-state index is -0.321. The summed E-state index contributed by atoms with van der Waals surface area (Å²) in [4.78, 5) is 18.1. The largest absolute Gasteiger partial charge is 0.497 e. The van der Waals surface area contributed by atoms with E-state index in [2.05, 4.69) is 15.1 Å². The van der Waals surface area contributed by atoms with Gasteiger partial charge >= 0.3 is 0 Å². The van der Waals surface area contributed by atoms with Crippen LogP contribution in [0, 0.1) is 17.6 Å². The Morgan fingerprint density at radius 3 is 2.63 bits per heavy atom. The highest BCUT2D eigenvalue weighted by Gasteiger charge is 2.41. The molecule has 35 heavy (non-hydrogen) atoms. The number of nitrogens with one attached hydrogen (secondary N) is 1. The average Bonchev–Trinajstić information content (AvgIpc) is 2.88. The number of ether oxygens (including phenoxy) is 1. The van der Waals surface area contributed by atoms with Crippen LogP contribution >= 0.6 is 0 Å². The number of amides is 1. The molecule has 7 heteroatoms. The van der Waals surface area contributed by atoms with Gasteiger partial charge in [0.1, 0.15) is 17.4 Å². The summed E-state index contributed by atoms with van der Waals surface area (Å²) in [5.74, 6) is -0.132. The number of carbonyl (C=O) groups excluding carboxylic acids is 1. The standard InChI is InChI=1S/C28H29F2N3O2/c1-35-23-11-8-20-14-24(28(34)31-16-21-4-2-3-5-25(21)30)27-18-32(12-13-33(27)26(20)15-23)17-19-6-9-22(29)10-7-19/h2-11,15,24,27H,12-14,16-18H2,1H3,(H,31,34)/t24-,27-/m1/s1. The monoisotopic (exact) mass is 477 g/mol. The van der Waals surface area contributed by atoms with E-state index in [1.165, 1.54) is 18.2 Å². The van der Waals surface area contributed by atoms with Gasteiger partial charge in [-0.1, -0.05) is 36.4 Å². The molecule has 1 saturated heterocycles. The van der Waals surface area contributed by atoms with Gasteiger partial charge in [0, 0.05) is 50.0 Å². The molecule has 0 spiro atoms. The van der Waals surface area contributed by atoms with Crippen LogP contribution in [0.25, 0.3) is 0 Å². The Morgan fingerprint density at radius 2 is 1.86 bits per heavy atom. The second-order valence-corrected chi connectivity index (χ2v) is 9.24. The molecule has 1 amide bonds. The molecule has 0 radical (unpaired) electrons. The number of piperazine rings is 1. The molecule has 0 aromatic heterocycles. The molecular weight excluding hydrogens is 448 g/mol. The predicted octanol–water partition coefficient (Wildman–Crippen LogP) is 4.15. The SMILES string of the molecule is COc1ccc2c(c1)N1CCN(Cc3ccc(F)cc3)C[C@@H]1[C@H](C(=O)NCc1ccccc1F)C2. The molecule has 2 heterocycles. The Morgan fingerprint density at radius 1 is 1.06 bits per heavy atom. The summed E-state index contributed by atoms with van der Waals surface area (Å²) in [6.07, 6.45) is 0.605. The summed E-state index contributed by atoms with van der Waals surface area (Å²) in [5, 5.41) is 2.98. The van der Waals surface area contributed by atoms with Crippen molar-refractivity contribution in [3.8, 4) is 5.75 Å². The Balaban J connectivity index is 1.38. The molecule has 1 fully saturated rings. The predicted molar refractivity (Wildman–Crippen MR) is 131 cm³/mol. The van der Waals surface area contributed by atoms with Crippen LogP contribution in [0.3, 0.4) is 0 Å². The molecule has 2 atom stereocenters. The van der Waals surface area contributed by atoms with Crippen molar-refractivity contribution in [2.75, 3.05) is 31.6 Å². The number of methoxy groups -OCH3 is 1. The number of anilines is 1. The molecule has 5 rings (SSSR count). The van der Waals surface area contributed by atoms with Crippen LogP contribution in [0.1, 0.15) is 16.7 Å². The van der Waals surface area contributed by atoms with E-state index in [1.54, 1.807) is 37.4 Å². The van der Waals surface area contributed by atoms with Crippen LogP contribution in [0.5, 0.6) is 5.75 Å². The van der Waals surface area contributed by atoms with Crippen LogP contribution < -0.4 is 15.0 Å². The van der Waals surface area contributed by atoms with E-state index < -0.39 is 0 Å². The van der Waals surface area contributed by atoms with Crippen LogP contribution in [-0.2, 0) is 24.3 Å². The first-order valence-electron chi connectivity index (χ1n) is 11.9. The fraction of sp³-hybridized carbons (Fsp3) is 0.321. The van der Waals surface area contributed by atoms with E-state index in [9.17, 15) is 13.6 Å². The number of benzene rings is 3. The molecular formula is C28H29F2N3O2. The lowest BCUT2D eigenvalue weighted by atomic mass is 9.83. The summed E-state index contributed by atoms with van der Waals surface area (Å²) in [6, 6.07) is 19.1. The lowest BCUT2D eigenvalue weighted by Gasteiger charge is -2.49. The number of hydrogen-bond acceptors (Lipinski definition) is 4. The highest BCUT2D eigenvalue weighted by Crippen LogP contribution is 2.38. The second-order valence-electron chi connectivity index (χ2n) is 9.24. The Hall–Kier alpha value is -3.45. The van der Waals surface area contributed by atoms with Crippen molar-refractivity contribution in [1.29, 1.82) is 0 Å². The van der Waals surface area contributed by atoms with Gasteiger partial charge < -0.3 is 15.0 Å². The van der Waals surface area contributed by atoms with E-state index in [-0.39, 0.29) is 36.0 Å². The first-order valence-corrected chi connectivity index (χ1v) is 11.9. The Labute approximate surface area is 204 Å². The number of fused-ring (bicyclic) bond motifs is 3. The van der Waals surface area contributed by atoms with Gasteiger partial charge in [0.15, 0.2) is 0 Å². The van der Waals surface area contributed by atoms with E-state index in [4.69, 9.17) is 4.74 Å². The van der Waals surface area contributed by atoms with Crippen molar-refractivity contribution in [1.82, 2.24) is 10.2 Å². The molecule has 3 aromatic carbocycles. The lowest BCUT2D eigenvalue weighted by molar-refractivity contribution is -0.126. The molecule has 0 bridgehead atoms. The third kappa shape index (κ3) is 5.00. The van der Waals surface area contributed by atoms with E-state index in [1.807, 2.05) is 18.2 Å². The van der Waals surface area contributed by atoms with E-state index >= 15 is 0 Å². The van der Waals surface area contributed by atoms with Crippen LogP contribution in [0.15, 0.2) is 66.7 Å². The summed E-state index contributed by atoms with van der Waals surface area (Å²) in [7, 11) is 1.65. The van der Waals surface area contributed by atoms with E-state index in [0.29, 0.717) is 25.1 Å². The molecule has 3 aromatic rings. The number of halogens is 2. The lowest BCUT2D eigenvalue weighted by Crippen LogP contribution is -2.60. The summed E-state index contributed by atoms with van der Waals surface area (Å²) in [5.41, 5.74) is 3.73. The summed E-state index contributed by atoms with van der Waals surface area (Å²) in [6.45, 7) is 3.14. The second kappa shape index (κ2) is 10.0. The third-order valence-corrected chi connectivity index (χ3v) is 7.08. The van der Waals surface area contributed by atoms with Crippen molar-refractivity contribution in [3.05, 3.63) is 95.1 Å². The normalized spacial score (nSPS) is 19.6. The average molecular weight is 478 g/mol. The van der Waals surface area contributed by atoms with Crippen molar-refractivity contribution in [2.45, 2.75) is 25.6 Å². The van der Waals surface area contributed by atoms with Crippen LogP contribution in [-0.4, -0.2) is 43.6 Å². The maximum atomic E-state index is 14.1. The number of hydrogen-bond donors (Lipinski definition) is 1. The number of carbonyl (C=O) groups is 1. The zero-order chi connectivity index (χ0) is 24.4. The highest BCUT2D eigenvalue weighted by molar-refractivity contribution is 5.82. The maximum absolute atomic E-state index is 14.1. The molecule has 2 aliphatic rings. The molecule has 0 saturated carbocycles. The third-order valence-electron chi connectivity index (χ3n) is 7.08. The van der Waals surface area contributed by atoms with Crippen LogP contribution in [0.2, 0.25) is 0 Å². The van der Waals surface area contributed by atoms with Gasteiger partial charge in [0.25, 0.3) is 0 Å². The molecule has 2 aliphatic heterocycles. The minimum Gasteiger partial charge on any atom is -0.497 e. The van der Waals surface area contributed by atoms with Crippen molar-refractivity contribution >= 4 is 11.6 Å². The van der Waals surface area contributed by atoms with Gasteiger partial charge in [-0.25, -0.2) is 8.78 Å². The van der Waals surface area contributed by atoms with Gasteiger partial charge in [0.2, 0.25) is 5.91 Å². The van der Waals surface area contributed by atoms with Crippen molar-refractivity contribution in [3.63, 3.8) is 0 Å². The Bertz CT molecular complexity index is 1200. The zero-order valence-electron chi connectivity index (χ0n) is 19.7. The van der Waals surface area contributed by atoms with Crippen molar-refractivity contribution < 1.29 is 18.3 Å². The fourth-order valence-corrected chi connectivity index (χ4v) is 5.21. The summed E-state index contributed by atoms with van der Waals surface area (Å²) < 4.78 is 32.9. The summed E-state index contributed by atoms with van der Waals surface area (Å²) >= 11 is 0. The van der Waals surface area contributed by atoms with Gasteiger partial charge in [0.05, 0.1) is 19.1 Å².